The molecule has 0 radical (unpaired) electrons. The number of carbonyl (C=O) groups excluding carboxylic acids is 1. The summed E-state index contributed by atoms with van der Waals surface area (Å²) in [5.41, 5.74) is -1.49. The number of benzene rings is 2. The SMILES string of the molecule is CC(C(=O)Nc1ccc(F)c(F)c1F)n1nnc(-c2cccc(C(F)(F)F)c2)n1. The van der Waals surface area contributed by atoms with E-state index in [2.05, 4.69) is 20.7 Å². The van der Waals surface area contributed by atoms with Crippen molar-refractivity contribution in [3.05, 3.63) is 59.4 Å². The van der Waals surface area contributed by atoms with Crippen molar-refractivity contribution in [2.45, 2.75) is 19.1 Å². The molecule has 0 bridgehead atoms. The highest BCUT2D eigenvalue weighted by atomic mass is 19.4. The summed E-state index contributed by atoms with van der Waals surface area (Å²) >= 11 is 0. The molecule has 1 atom stereocenters. The van der Waals surface area contributed by atoms with Gasteiger partial charge in [-0.2, -0.15) is 18.0 Å². The van der Waals surface area contributed by atoms with Gasteiger partial charge in [-0.1, -0.05) is 12.1 Å². The zero-order valence-electron chi connectivity index (χ0n) is 14.5. The van der Waals surface area contributed by atoms with Crippen LogP contribution in [0.2, 0.25) is 0 Å². The van der Waals surface area contributed by atoms with Gasteiger partial charge in [0.05, 0.1) is 11.3 Å². The van der Waals surface area contributed by atoms with Crippen LogP contribution in [0, 0.1) is 17.5 Å². The first-order valence-electron chi connectivity index (χ1n) is 7.99. The van der Waals surface area contributed by atoms with E-state index in [1.54, 1.807) is 0 Å². The Kier molecular flexibility index (Phi) is 5.27. The molecule has 1 aromatic heterocycles. The Bertz CT molecular complexity index is 1060. The number of hydrogen-bond donors (Lipinski definition) is 1. The summed E-state index contributed by atoms with van der Waals surface area (Å²) in [6.07, 6.45) is -4.56. The molecule has 1 N–H and O–H groups in total. The quantitative estimate of drug-likeness (QED) is 0.517. The lowest BCUT2D eigenvalue weighted by atomic mass is 10.1. The van der Waals surface area contributed by atoms with Crippen LogP contribution in [0.25, 0.3) is 11.4 Å². The van der Waals surface area contributed by atoms with Crippen LogP contribution >= 0.6 is 0 Å². The lowest BCUT2D eigenvalue weighted by Crippen LogP contribution is -2.26. The van der Waals surface area contributed by atoms with Gasteiger partial charge in [0.25, 0.3) is 5.91 Å². The molecule has 12 heteroatoms. The second-order valence-electron chi connectivity index (χ2n) is 5.90. The largest absolute Gasteiger partial charge is 0.416 e. The lowest BCUT2D eigenvalue weighted by Gasteiger charge is -2.11. The highest BCUT2D eigenvalue weighted by Gasteiger charge is 2.31. The number of nitrogens with zero attached hydrogens (tertiary/aromatic N) is 4. The minimum absolute atomic E-state index is 0.0188. The monoisotopic (exact) mass is 415 g/mol. The van der Waals surface area contributed by atoms with Crippen molar-refractivity contribution >= 4 is 11.6 Å². The van der Waals surface area contributed by atoms with Gasteiger partial charge in [-0.05, 0) is 36.4 Å². The third kappa shape index (κ3) is 4.20. The zero-order valence-corrected chi connectivity index (χ0v) is 14.5. The lowest BCUT2D eigenvalue weighted by molar-refractivity contribution is -0.137. The molecular weight excluding hydrogens is 404 g/mol. The maximum atomic E-state index is 13.7. The molecule has 152 valence electrons. The summed E-state index contributed by atoms with van der Waals surface area (Å²) in [7, 11) is 0. The molecule has 29 heavy (non-hydrogen) atoms. The van der Waals surface area contributed by atoms with Crippen molar-refractivity contribution < 1.29 is 31.1 Å². The van der Waals surface area contributed by atoms with Crippen LogP contribution in [0.3, 0.4) is 0 Å². The van der Waals surface area contributed by atoms with Crippen LogP contribution in [0.4, 0.5) is 32.0 Å². The van der Waals surface area contributed by atoms with Gasteiger partial charge in [0, 0.05) is 5.56 Å². The minimum atomic E-state index is -4.56. The summed E-state index contributed by atoms with van der Waals surface area (Å²) in [4.78, 5) is 13.0. The van der Waals surface area contributed by atoms with Gasteiger partial charge in [0.1, 0.15) is 6.04 Å². The molecule has 0 spiro atoms. The van der Waals surface area contributed by atoms with E-state index in [1.165, 1.54) is 19.1 Å². The topological polar surface area (TPSA) is 72.7 Å². The van der Waals surface area contributed by atoms with E-state index in [4.69, 9.17) is 0 Å². The Labute approximate surface area is 159 Å². The molecule has 6 nitrogen and oxygen atoms in total. The molecule has 1 unspecified atom stereocenters. The van der Waals surface area contributed by atoms with Crippen molar-refractivity contribution in [3.63, 3.8) is 0 Å². The highest BCUT2D eigenvalue weighted by Crippen LogP contribution is 2.31. The van der Waals surface area contributed by atoms with Crippen molar-refractivity contribution in [3.8, 4) is 11.4 Å². The fourth-order valence-corrected chi connectivity index (χ4v) is 2.30. The Morgan fingerprint density at radius 2 is 1.83 bits per heavy atom. The summed E-state index contributed by atoms with van der Waals surface area (Å²) in [5, 5.41) is 13.1. The molecule has 1 amide bonds. The predicted molar refractivity (Wildman–Crippen MR) is 87.9 cm³/mol. The van der Waals surface area contributed by atoms with Crippen molar-refractivity contribution in [2.24, 2.45) is 0 Å². The van der Waals surface area contributed by atoms with E-state index in [1.807, 2.05) is 0 Å². The number of carbonyl (C=O) groups is 1. The maximum absolute atomic E-state index is 13.7. The van der Waals surface area contributed by atoms with E-state index in [-0.39, 0.29) is 11.4 Å². The number of rotatable bonds is 4. The standard InChI is InChI=1S/C17H11F6N5O/c1-8(16(29)24-12-6-5-11(18)13(19)14(12)20)28-26-15(25-27-28)9-3-2-4-10(7-9)17(21,22)23/h2-8H,1H3,(H,24,29). The van der Waals surface area contributed by atoms with Gasteiger partial charge in [0.15, 0.2) is 17.5 Å². The molecule has 1 heterocycles. The first-order valence-corrected chi connectivity index (χ1v) is 7.99. The number of nitrogens with one attached hydrogen (secondary N) is 1. The van der Waals surface area contributed by atoms with Gasteiger partial charge >= 0.3 is 6.18 Å². The van der Waals surface area contributed by atoms with E-state index >= 15 is 0 Å². The summed E-state index contributed by atoms with van der Waals surface area (Å²) in [5.74, 6) is -5.81. The smallest absolute Gasteiger partial charge is 0.322 e. The van der Waals surface area contributed by atoms with Crippen molar-refractivity contribution in [1.82, 2.24) is 20.2 Å². The number of hydrogen-bond acceptors (Lipinski definition) is 4. The number of tetrazole rings is 1. The van der Waals surface area contributed by atoms with Crippen LogP contribution in [-0.4, -0.2) is 26.1 Å². The first kappa shape index (κ1) is 20.3. The van der Waals surface area contributed by atoms with Gasteiger partial charge in [-0.15, -0.1) is 10.2 Å². The maximum Gasteiger partial charge on any atom is 0.416 e. The number of aromatic nitrogens is 4. The molecule has 0 fully saturated rings. The molecule has 3 aromatic rings. The van der Waals surface area contributed by atoms with Crippen LogP contribution in [0.1, 0.15) is 18.5 Å². The summed E-state index contributed by atoms with van der Waals surface area (Å²) < 4.78 is 78.3. The van der Waals surface area contributed by atoms with Gasteiger partial charge in [-0.25, -0.2) is 13.2 Å². The fourth-order valence-electron chi connectivity index (χ4n) is 2.30. The van der Waals surface area contributed by atoms with Crippen molar-refractivity contribution in [1.29, 1.82) is 0 Å². The average Bonchev–Trinajstić information content (AvgIpc) is 3.17. The summed E-state index contributed by atoms with van der Waals surface area (Å²) in [6, 6.07) is 4.48. The van der Waals surface area contributed by atoms with Gasteiger partial charge in [0.2, 0.25) is 5.82 Å². The third-order valence-corrected chi connectivity index (χ3v) is 3.90. The average molecular weight is 415 g/mol. The Morgan fingerprint density at radius 1 is 1.10 bits per heavy atom. The van der Waals surface area contributed by atoms with Crippen LogP contribution in [0.5, 0.6) is 0 Å². The normalized spacial score (nSPS) is 12.7. The molecule has 0 aliphatic rings. The Hall–Kier alpha value is -3.44. The van der Waals surface area contributed by atoms with Crippen LogP contribution in [0.15, 0.2) is 36.4 Å². The fraction of sp³-hybridized carbons (Fsp3) is 0.176. The van der Waals surface area contributed by atoms with E-state index in [0.29, 0.717) is 6.07 Å². The van der Waals surface area contributed by atoms with E-state index in [9.17, 15) is 31.1 Å². The van der Waals surface area contributed by atoms with Gasteiger partial charge in [-0.3, -0.25) is 4.79 Å². The number of halogens is 6. The molecule has 0 saturated carbocycles. The predicted octanol–water partition coefficient (Wildman–Crippen LogP) is 3.98. The molecule has 2 aromatic carbocycles. The second-order valence-corrected chi connectivity index (χ2v) is 5.90. The van der Waals surface area contributed by atoms with Crippen LogP contribution < -0.4 is 5.32 Å². The third-order valence-electron chi connectivity index (χ3n) is 3.90. The molecule has 0 aliphatic carbocycles. The Balaban J connectivity index is 1.80. The second kappa shape index (κ2) is 7.53. The molecule has 0 aliphatic heterocycles. The van der Waals surface area contributed by atoms with E-state index in [0.717, 1.165) is 23.0 Å². The molecule has 3 rings (SSSR count). The highest BCUT2D eigenvalue weighted by molar-refractivity contribution is 5.93. The minimum Gasteiger partial charge on any atom is -0.322 e. The number of alkyl halides is 3. The van der Waals surface area contributed by atoms with Crippen molar-refractivity contribution in [2.75, 3.05) is 5.32 Å². The number of amides is 1. The van der Waals surface area contributed by atoms with Gasteiger partial charge < -0.3 is 5.32 Å². The molecular formula is C17H11F6N5O. The summed E-state index contributed by atoms with van der Waals surface area (Å²) in [6.45, 7) is 1.30. The number of anilines is 1. The van der Waals surface area contributed by atoms with Crippen LogP contribution in [-0.2, 0) is 11.0 Å². The first-order chi connectivity index (χ1) is 13.6. The van der Waals surface area contributed by atoms with E-state index < -0.39 is 46.8 Å². The zero-order chi connectivity index (χ0) is 21.3. The molecule has 0 saturated heterocycles. The Morgan fingerprint density at radius 3 is 2.52 bits per heavy atom.